The van der Waals surface area contributed by atoms with E-state index in [1.165, 1.54) is 22.4 Å². The first-order valence-corrected chi connectivity index (χ1v) is 5.57. The highest BCUT2D eigenvalue weighted by Gasteiger charge is 2.08. The van der Waals surface area contributed by atoms with Crippen LogP contribution in [-0.2, 0) is 0 Å². The van der Waals surface area contributed by atoms with Crippen molar-refractivity contribution in [3.8, 4) is 0 Å². The first kappa shape index (κ1) is 11.8. The third-order valence-electron chi connectivity index (χ3n) is 2.59. The zero-order valence-corrected chi connectivity index (χ0v) is 10.5. The van der Waals surface area contributed by atoms with E-state index in [4.69, 9.17) is 0 Å². The van der Waals surface area contributed by atoms with Crippen molar-refractivity contribution in [1.29, 1.82) is 0 Å². The van der Waals surface area contributed by atoms with E-state index >= 15 is 0 Å². The smallest absolute Gasteiger partial charge is 0.0465 e. The zero-order valence-electron chi connectivity index (χ0n) is 10.5. The molecule has 0 amide bonds. The number of benzene rings is 1. The maximum atomic E-state index is 2.30. The molecule has 0 fully saturated rings. The molecule has 0 saturated carbocycles. The molecule has 0 aliphatic heterocycles. The van der Waals surface area contributed by atoms with Crippen LogP contribution in [0.3, 0.4) is 0 Å². The SMILES string of the molecule is C/C=C\N(CC)c1c(C)cc(C)cc1C. The van der Waals surface area contributed by atoms with E-state index in [1.54, 1.807) is 0 Å². The fourth-order valence-corrected chi connectivity index (χ4v) is 2.14. The molecule has 0 bridgehead atoms. The van der Waals surface area contributed by atoms with Crippen LogP contribution in [0.15, 0.2) is 24.4 Å². The largest absolute Gasteiger partial charge is 0.348 e. The Morgan fingerprint density at radius 3 is 2.07 bits per heavy atom. The van der Waals surface area contributed by atoms with E-state index in [9.17, 15) is 0 Å². The highest BCUT2D eigenvalue weighted by atomic mass is 15.1. The minimum Gasteiger partial charge on any atom is -0.348 e. The number of aryl methyl sites for hydroxylation is 3. The Kier molecular flexibility index (Phi) is 3.96. The second-order valence-electron chi connectivity index (χ2n) is 4.02. The molecular weight excluding hydrogens is 182 g/mol. The fourth-order valence-electron chi connectivity index (χ4n) is 2.14. The molecule has 0 heterocycles. The van der Waals surface area contributed by atoms with Crippen LogP contribution in [-0.4, -0.2) is 6.54 Å². The standard InChI is InChI=1S/C14H21N/c1-6-8-15(7-2)14-12(4)9-11(3)10-13(14)5/h6,8-10H,7H2,1-5H3/b8-6-. The molecule has 0 unspecified atom stereocenters. The van der Waals surface area contributed by atoms with Gasteiger partial charge in [-0.15, -0.1) is 0 Å². The first-order valence-electron chi connectivity index (χ1n) is 5.57. The summed E-state index contributed by atoms with van der Waals surface area (Å²) in [7, 11) is 0. The van der Waals surface area contributed by atoms with Crippen LogP contribution in [0, 0.1) is 20.8 Å². The zero-order chi connectivity index (χ0) is 11.4. The Balaban J connectivity index is 3.22. The topological polar surface area (TPSA) is 3.24 Å². The van der Waals surface area contributed by atoms with Crippen molar-refractivity contribution in [1.82, 2.24) is 0 Å². The Morgan fingerprint density at radius 1 is 1.13 bits per heavy atom. The van der Waals surface area contributed by atoms with Crippen LogP contribution in [0.1, 0.15) is 30.5 Å². The van der Waals surface area contributed by atoms with Crippen molar-refractivity contribution in [2.75, 3.05) is 11.4 Å². The molecule has 0 atom stereocenters. The maximum absolute atomic E-state index is 2.30. The summed E-state index contributed by atoms with van der Waals surface area (Å²) in [5.74, 6) is 0. The third kappa shape index (κ3) is 2.62. The summed E-state index contributed by atoms with van der Waals surface area (Å²) in [6.07, 6.45) is 4.23. The van der Waals surface area contributed by atoms with Gasteiger partial charge in [-0.05, 0) is 51.9 Å². The van der Waals surface area contributed by atoms with Gasteiger partial charge < -0.3 is 4.90 Å². The van der Waals surface area contributed by atoms with Gasteiger partial charge in [0.05, 0.1) is 0 Å². The van der Waals surface area contributed by atoms with Crippen LogP contribution >= 0.6 is 0 Å². The molecule has 0 N–H and O–H groups in total. The molecule has 1 aromatic rings. The second-order valence-corrected chi connectivity index (χ2v) is 4.02. The molecule has 1 rings (SSSR count). The lowest BCUT2D eigenvalue weighted by atomic mass is 10.0. The number of allylic oxidation sites excluding steroid dienone is 1. The van der Waals surface area contributed by atoms with Gasteiger partial charge in [-0.25, -0.2) is 0 Å². The molecule has 0 radical (unpaired) electrons. The maximum Gasteiger partial charge on any atom is 0.0465 e. The van der Waals surface area contributed by atoms with Crippen LogP contribution < -0.4 is 4.90 Å². The van der Waals surface area contributed by atoms with Crippen LogP contribution in [0.2, 0.25) is 0 Å². The lowest BCUT2D eigenvalue weighted by Crippen LogP contribution is -2.17. The van der Waals surface area contributed by atoms with Crippen molar-refractivity contribution in [2.24, 2.45) is 0 Å². The van der Waals surface area contributed by atoms with E-state index in [0.29, 0.717) is 0 Å². The van der Waals surface area contributed by atoms with Gasteiger partial charge in [0, 0.05) is 12.2 Å². The average Bonchev–Trinajstić information content (AvgIpc) is 2.14. The number of nitrogens with zero attached hydrogens (tertiary/aromatic N) is 1. The highest BCUT2D eigenvalue weighted by Crippen LogP contribution is 2.26. The highest BCUT2D eigenvalue weighted by molar-refractivity contribution is 5.61. The van der Waals surface area contributed by atoms with Crippen LogP contribution in [0.5, 0.6) is 0 Å². The summed E-state index contributed by atoms with van der Waals surface area (Å²) in [6.45, 7) is 11.8. The lowest BCUT2D eigenvalue weighted by Gasteiger charge is -2.23. The molecule has 82 valence electrons. The quantitative estimate of drug-likeness (QED) is 0.718. The summed E-state index contributed by atoms with van der Waals surface area (Å²) >= 11 is 0. The molecule has 0 saturated heterocycles. The summed E-state index contributed by atoms with van der Waals surface area (Å²) in [5, 5.41) is 0. The van der Waals surface area contributed by atoms with Gasteiger partial charge in [-0.2, -0.15) is 0 Å². The summed E-state index contributed by atoms with van der Waals surface area (Å²) in [4.78, 5) is 2.30. The molecule has 0 aliphatic carbocycles. The fraction of sp³-hybridized carbons (Fsp3) is 0.429. The Bertz CT molecular complexity index is 341. The van der Waals surface area contributed by atoms with Gasteiger partial charge >= 0.3 is 0 Å². The van der Waals surface area contributed by atoms with Gasteiger partial charge in [-0.3, -0.25) is 0 Å². The minimum atomic E-state index is 1.01. The van der Waals surface area contributed by atoms with Crippen molar-refractivity contribution >= 4 is 5.69 Å². The average molecular weight is 203 g/mol. The molecule has 1 heteroatoms. The van der Waals surface area contributed by atoms with Gasteiger partial charge in [0.2, 0.25) is 0 Å². The third-order valence-corrected chi connectivity index (χ3v) is 2.59. The van der Waals surface area contributed by atoms with E-state index in [1.807, 2.05) is 0 Å². The normalized spacial score (nSPS) is 11.0. The molecule has 0 aliphatic rings. The molecular formula is C14H21N. The summed E-state index contributed by atoms with van der Waals surface area (Å²) < 4.78 is 0. The molecule has 1 aromatic carbocycles. The van der Waals surface area contributed by atoms with Crippen LogP contribution in [0.25, 0.3) is 0 Å². The number of hydrogen-bond acceptors (Lipinski definition) is 1. The molecule has 0 spiro atoms. The summed E-state index contributed by atoms with van der Waals surface area (Å²) in [5.41, 5.74) is 5.39. The van der Waals surface area contributed by atoms with E-state index in [0.717, 1.165) is 6.54 Å². The van der Waals surface area contributed by atoms with Gasteiger partial charge in [0.1, 0.15) is 0 Å². The number of anilines is 1. The number of rotatable bonds is 3. The minimum absolute atomic E-state index is 1.01. The van der Waals surface area contributed by atoms with E-state index in [2.05, 4.69) is 63.9 Å². The Morgan fingerprint density at radius 2 is 1.67 bits per heavy atom. The predicted octanol–water partition coefficient (Wildman–Crippen LogP) is 3.97. The van der Waals surface area contributed by atoms with Crippen molar-refractivity contribution < 1.29 is 0 Å². The monoisotopic (exact) mass is 203 g/mol. The van der Waals surface area contributed by atoms with Crippen LogP contribution in [0.4, 0.5) is 5.69 Å². The number of hydrogen-bond donors (Lipinski definition) is 0. The lowest BCUT2D eigenvalue weighted by molar-refractivity contribution is 0.995. The predicted molar refractivity (Wildman–Crippen MR) is 68.5 cm³/mol. The van der Waals surface area contributed by atoms with Gasteiger partial charge in [0.25, 0.3) is 0 Å². The van der Waals surface area contributed by atoms with E-state index < -0.39 is 0 Å². The molecule has 15 heavy (non-hydrogen) atoms. The molecule has 1 nitrogen and oxygen atoms in total. The Hall–Kier alpha value is -1.24. The van der Waals surface area contributed by atoms with Crippen molar-refractivity contribution in [2.45, 2.75) is 34.6 Å². The van der Waals surface area contributed by atoms with Gasteiger partial charge in [-0.1, -0.05) is 23.8 Å². The molecule has 0 aromatic heterocycles. The Labute approximate surface area is 93.4 Å². The van der Waals surface area contributed by atoms with Gasteiger partial charge in [0.15, 0.2) is 0 Å². The van der Waals surface area contributed by atoms with Crippen molar-refractivity contribution in [3.63, 3.8) is 0 Å². The van der Waals surface area contributed by atoms with Crippen molar-refractivity contribution in [3.05, 3.63) is 41.1 Å². The first-order chi connectivity index (χ1) is 7.10. The summed E-state index contributed by atoms with van der Waals surface area (Å²) in [6, 6.07) is 4.49. The second kappa shape index (κ2) is 5.01. The van der Waals surface area contributed by atoms with E-state index in [-0.39, 0.29) is 0 Å².